The molecular weight excluding hydrogens is 132 g/mol. The Morgan fingerprint density at radius 1 is 1.56 bits per heavy atom. The molecule has 0 spiro atoms. The van der Waals surface area contributed by atoms with Crippen molar-refractivity contribution in [3.05, 3.63) is 0 Å². The highest BCUT2D eigenvalue weighted by Gasteiger charge is 1.85. The predicted octanol–water partition coefficient (Wildman–Crippen LogP) is 1.47. The average Bonchev–Trinajstić information content (AvgIpc) is 1.80. The molecule has 1 nitrogen and oxygen atoms in total. The summed E-state index contributed by atoms with van der Waals surface area (Å²) in [4.78, 5) is 0. The lowest BCUT2D eigenvalue weighted by Gasteiger charge is -1.91. The Morgan fingerprint density at radius 2 is 2.22 bits per heavy atom. The van der Waals surface area contributed by atoms with E-state index >= 15 is 0 Å². The van der Waals surface area contributed by atoms with Crippen molar-refractivity contribution in [1.82, 2.24) is 0 Å². The molecule has 0 saturated carbocycles. The average molecular weight is 144 g/mol. The molecule has 0 fully saturated rings. The van der Waals surface area contributed by atoms with Gasteiger partial charge in [-0.05, 0) is 5.25 Å². The van der Waals surface area contributed by atoms with Gasteiger partial charge in [0.15, 0.2) is 0 Å². The van der Waals surface area contributed by atoms with Crippen molar-refractivity contribution in [2.75, 3.05) is 6.61 Å². The van der Waals surface area contributed by atoms with Crippen LogP contribution in [0.25, 0.3) is 0 Å². The topological polar surface area (TPSA) is 20.2 Å². The van der Waals surface area contributed by atoms with Gasteiger partial charge >= 0.3 is 0 Å². The first-order valence-electron chi connectivity index (χ1n) is 3.01. The van der Waals surface area contributed by atoms with Gasteiger partial charge in [-0.3, -0.25) is 0 Å². The van der Waals surface area contributed by atoms with E-state index in [2.05, 4.69) is 25.0 Å². The van der Waals surface area contributed by atoms with E-state index in [1.54, 1.807) is 11.8 Å². The highest BCUT2D eigenvalue weighted by atomic mass is 32.2. The SMILES string of the molecule is CC(C)SC#CCCO. The van der Waals surface area contributed by atoms with Crippen molar-refractivity contribution >= 4 is 11.8 Å². The van der Waals surface area contributed by atoms with Gasteiger partial charge in [0.25, 0.3) is 0 Å². The molecule has 0 rings (SSSR count). The van der Waals surface area contributed by atoms with Crippen LogP contribution in [0.2, 0.25) is 0 Å². The third kappa shape index (κ3) is 7.87. The van der Waals surface area contributed by atoms with E-state index in [-0.39, 0.29) is 6.61 Å². The molecule has 0 atom stereocenters. The van der Waals surface area contributed by atoms with Gasteiger partial charge in [0.2, 0.25) is 0 Å². The zero-order valence-corrected chi connectivity index (χ0v) is 6.66. The molecule has 9 heavy (non-hydrogen) atoms. The smallest absolute Gasteiger partial charge is 0.0540 e. The maximum Gasteiger partial charge on any atom is 0.0540 e. The first-order valence-corrected chi connectivity index (χ1v) is 3.89. The van der Waals surface area contributed by atoms with Gasteiger partial charge in [-0.1, -0.05) is 31.5 Å². The third-order valence-electron chi connectivity index (χ3n) is 0.604. The van der Waals surface area contributed by atoms with E-state index in [1.807, 2.05) is 0 Å². The summed E-state index contributed by atoms with van der Waals surface area (Å²) in [6.45, 7) is 4.36. The van der Waals surface area contributed by atoms with Crippen LogP contribution in [-0.2, 0) is 0 Å². The summed E-state index contributed by atoms with van der Waals surface area (Å²) in [6, 6.07) is 0. The fourth-order valence-electron chi connectivity index (χ4n) is 0.266. The molecule has 0 heterocycles. The van der Waals surface area contributed by atoms with Crippen LogP contribution in [-0.4, -0.2) is 17.0 Å². The van der Waals surface area contributed by atoms with E-state index in [1.165, 1.54) is 0 Å². The largest absolute Gasteiger partial charge is 0.395 e. The van der Waals surface area contributed by atoms with Crippen molar-refractivity contribution in [1.29, 1.82) is 0 Å². The molecule has 0 aliphatic rings. The molecule has 0 aromatic carbocycles. The summed E-state index contributed by atoms with van der Waals surface area (Å²) >= 11 is 1.60. The summed E-state index contributed by atoms with van der Waals surface area (Å²) < 4.78 is 0. The quantitative estimate of drug-likeness (QED) is 0.592. The maximum absolute atomic E-state index is 8.32. The van der Waals surface area contributed by atoms with Crippen molar-refractivity contribution in [2.24, 2.45) is 0 Å². The second-order valence-corrected chi connectivity index (χ2v) is 3.30. The van der Waals surface area contributed by atoms with Crippen LogP contribution in [0.4, 0.5) is 0 Å². The molecular formula is C7H12OS. The van der Waals surface area contributed by atoms with Crippen LogP contribution in [0.3, 0.4) is 0 Å². The number of hydrogen-bond acceptors (Lipinski definition) is 2. The summed E-state index contributed by atoms with van der Waals surface area (Å²) in [7, 11) is 0. The van der Waals surface area contributed by atoms with Gasteiger partial charge in [0.05, 0.1) is 6.61 Å². The maximum atomic E-state index is 8.32. The third-order valence-corrected chi connectivity index (χ3v) is 1.34. The molecule has 0 amide bonds. The van der Waals surface area contributed by atoms with Gasteiger partial charge in [-0.2, -0.15) is 0 Å². The molecule has 0 aliphatic carbocycles. The lowest BCUT2D eigenvalue weighted by Crippen LogP contribution is -1.81. The summed E-state index contributed by atoms with van der Waals surface area (Å²) in [6.07, 6.45) is 0.597. The molecule has 0 aromatic heterocycles. The van der Waals surface area contributed by atoms with E-state index in [0.29, 0.717) is 11.7 Å². The van der Waals surface area contributed by atoms with Crippen LogP contribution in [0.1, 0.15) is 20.3 Å². The summed E-state index contributed by atoms with van der Waals surface area (Å²) in [5.74, 6) is 2.83. The van der Waals surface area contributed by atoms with Crippen LogP contribution < -0.4 is 0 Å². The molecule has 0 aliphatic heterocycles. The predicted molar refractivity (Wildman–Crippen MR) is 42.2 cm³/mol. The number of aliphatic hydroxyl groups is 1. The zero-order chi connectivity index (χ0) is 7.11. The molecule has 0 bridgehead atoms. The molecule has 2 heteroatoms. The summed E-state index contributed by atoms with van der Waals surface area (Å²) in [5, 5.41) is 11.8. The standard InChI is InChI=1S/C7H12OS/c1-7(2)9-6-4-3-5-8/h7-8H,3,5H2,1-2H3. The fourth-order valence-corrected chi connectivity index (χ4v) is 0.688. The van der Waals surface area contributed by atoms with Gasteiger partial charge in [-0.15, -0.1) is 0 Å². The molecule has 0 saturated heterocycles. The normalized spacial score (nSPS) is 8.89. The minimum atomic E-state index is 0.172. The highest BCUT2D eigenvalue weighted by molar-refractivity contribution is 8.04. The Morgan fingerprint density at radius 3 is 2.67 bits per heavy atom. The Labute approximate surface area is 60.8 Å². The Kier molecular flexibility index (Phi) is 5.91. The molecule has 0 unspecified atom stereocenters. The van der Waals surface area contributed by atoms with Crippen molar-refractivity contribution in [3.63, 3.8) is 0 Å². The lowest BCUT2D eigenvalue weighted by atomic mass is 10.5. The number of thioether (sulfide) groups is 1. The lowest BCUT2D eigenvalue weighted by molar-refractivity contribution is 0.305. The first-order chi connectivity index (χ1) is 4.27. The van der Waals surface area contributed by atoms with Crippen molar-refractivity contribution in [3.8, 4) is 11.2 Å². The molecule has 0 radical (unpaired) electrons. The number of rotatable bonds is 2. The highest BCUT2D eigenvalue weighted by Crippen LogP contribution is 2.05. The second-order valence-electron chi connectivity index (χ2n) is 1.92. The Hall–Kier alpha value is -0.130. The fraction of sp³-hybridized carbons (Fsp3) is 0.714. The molecule has 1 N–H and O–H groups in total. The van der Waals surface area contributed by atoms with E-state index in [9.17, 15) is 0 Å². The van der Waals surface area contributed by atoms with Crippen molar-refractivity contribution < 1.29 is 5.11 Å². The van der Waals surface area contributed by atoms with Gasteiger partial charge in [0.1, 0.15) is 0 Å². The van der Waals surface area contributed by atoms with Crippen LogP contribution in [0.5, 0.6) is 0 Å². The van der Waals surface area contributed by atoms with Crippen molar-refractivity contribution in [2.45, 2.75) is 25.5 Å². The monoisotopic (exact) mass is 144 g/mol. The van der Waals surface area contributed by atoms with Crippen LogP contribution in [0.15, 0.2) is 0 Å². The number of aliphatic hydroxyl groups excluding tert-OH is 1. The Bertz CT molecular complexity index is 110. The minimum Gasteiger partial charge on any atom is -0.395 e. The minimum absolute atomic E-state index is 0.172. The molecule has 0 aromatic rings. The van der Waals surface area contributed by atoms with Crippen LogP contribution >= 0.6 is 11.8 Å². The van der Waals surface area contributed by atoms with Gasteiger partial charge in [-0.25, -0.2) is 0 Å². The Balaban J connectivity index is 3.16. The zero-order valence-electron chi connectivity index (χ0n) is 5.85. The number of hydrogen-bond donors (Lipinski definition) is 1. The second kappa shape index (κ2) is 6.00. The van der Waals surface area contributed by atoms with Gasteiger partial charge < -0.3 is 5.11 Å². The van der Waals surface area contributed by atoms with E-state index in [4.69, 9.17) is 5.11 Å². The van der Waals surface area contributed by atoms with Crippen LogP contribution in [0, 0.1) is 11.2 Å². The van der Waals surface area contributed by atoms with E-state index in [0.717, 1.165) is 0 Å². The first kappa shape index (κ1) is 8.87. The molecule has 52 valence electrons. The van der Waals surface area contributed by atoms with Gasteiger partial charge in [0, 0.05) is 11.7 Å². The van der Waals surface area contributed by atoms with E-state index < -0.39 is 0 Å². The summed E-state index contributed by atoms with van der Waals surface area (Å²) in [5.41, 5.74) is 0.